The summed E-state index contributed by atoms with van der Waals surface area (Å²) >= 11 is 0. The summed E-state index contributed by atoms with van der Waals surface area (Å²) in [6.07, 6.45) is 1.64. The van der Waals surface area contributed by atoms with E-state index in [0.29, 0.717) is 5.56 Å². The van der Waals surface area contributed by atoms with Gasteiger partial charge in [-0.1, -0.05) is 24.3 Å². The Balaban J connectivity index is 2.39. The van der Waals surface area contributed by atoms with Gasteiger partial charge in [-0.2, -0.15) is 0 Å². The monoisotopic (exact) mass is 259 g/mol. The Morgan fingerprint density at radius 3 is 2.28 bits per heavy atom. The SMILES string of the molecule is CS(=O)c1ccc(-c2cccc(C(N)=O)c2)cc1. The van der Waals surface area contributed by atoms with Crippen molar-refractivity contribution in [3.63, 3.8) is 0 Å². The molecule has 3 nitrogen and oxygen atoms in total. The van der Waals surface area contributed by atoms with Gasteiger partial charge in [0.05, 0.1) is 0 Å². The molecule has 1 unspecified atom stereocenters. The molecule has 2 aromatic rings. The fraction of sp³-hybridized carbons (Fsp3) is 0.0714. The number of amides is 1. The van der Waals surface area contributed by atoms with Crippen molar-refractivity contribution in [2.75, 3.05) is 6.26 Å². The zero-order chi connectivity index (χ0) is 13.1. The van der Waals surface area contributed by atoms with Crippen LogP contribution in [0.15, 0.2) is 53.4 Å². The highest BCUT2D eigenvalue weighted by molar-refractivity contribution is 7.84. The second kappa shape index (κ2) is 5.14. The van der Waals surface area contributed by atoms with Crippen LogP contribution in [0.3, 0.4) is 0 Å². The molecule has 92 valence electrons. The highest BCUT2D eigenvalue weighted by Crippen LogP contribution is 2.21. The van der Waals surface area contributed by atoms with E-state index in [1.807, 2.05) is 30.3 Å². The second-order valence-electron chi connectivity index (χ2n) is 3.92. The maximum atomic E-state index is 11.3. The summed E-state index contributed by atoms with van der Waals surface area (Å²) in [4.78, 5) is 11.9. The van der Waals surface area contributed by atoms with Crippen LogP contribution in [-0.4, -0.2) is 16.4 Å². The Bertz CT molecular complexity index is 605. The van der Waals surface area contributed by atoms with Crippen molar-refractivity contribution in [2.24, 2.45) is 5.73 Å². The first-order valence-corrected chi connectivity index (χ1v) is 6.97. The number of hydrogen-bond donors (Lipinski definition) is 1. The van der Waals surface area contributed by atoms with E-state index in [1.54, 1.807) is 24.5 Å². The lowest BCUT2D eigenvalue weighted by atomic mass is 10.0. The minimum atomic E-state index is -0.979. The highest BCUT2D eigenvalue weighted by Gasteiger charge is 2.04. The summed E-state index contributed by atoms with van der Waals surface area (Å²) in [6.45, 7) is 0. The lowest BCUT2D eigenvalue weighted by Gasteiger charge is -2.04. The van der Waals surface area contributed by atoms with Gasteiger partial charge in [-0.15, -0.1) is 0 Å². The topological polar surface area (TPSA) is 60.2 Å². The minimum absolute atomic E-state index is 0.442. The number of nitrogens with two attached hydrogens (primary N) is 1. The van der Waals surface area contributed by atoms with Crippen LogP contribution in [0.1, 0.15) is 10.4 Å². The zero-order valence-electron chi connectivity index (χ0n) is 9.92. The molecule has 2 rings (SSSR count). The van der Waals surface area contributed by atoms with Crippen molar-refractivity contribution in [3.8, 4) is 11.1 Å². The molecule has 1 amide bonds. The fourth-order valence-corrected chi connectivity index (χ4v) is 2.21. The van der Waals surface area contributed by atoms with E-state index >= 15 is 0 Å². The third-order valence-corrected chi connectivity index (χ3v) is 3.60. The first kappa shape index (κ1) is 12.5. The minimum Gasteiger partial charge on any atom is -0.366 e. The van der Waals surface area contributed by atoms with Crippen molar-refractivity contribution >= 4 is 16.7 Å². The lowest BCUT2D eigenvalue weighted by Crippen LogP contribution is -2.10. The molecule has 2 aromatic carbocycles. The molecular formula is C14H13NO2S. The third-order valence-electron chi connectivity index (χ3n) is 2.67. The van der Waals surface area contributed by atoms with Gasteiger partial charge in [-0.3, -0.25) is 9.00 Å². The van der Waals surface area contributed by atoms with Gasteiger partial charge < -0.3 is 5.73 Å². The van der Waals surface area contributed by atoms with Crippen LogP contribution < -0.4 is 5.73 Å². The largest absolute Gasteiger partial charge is 0.366 e. The van der Waals surface area contributed by atoms with Crippen LogP contribution in [0.4, 0.5) is 0 Å². The molecule has 1 atom stereocenters. The molecule has 4 heteroatoms. The maximum absolute atomic E-state index is 11.3. The fourth-order valence-electron chi connectivity index (χ4n) is 1.69. The van der Waals surface area contributed by atoms with Crippen LogP contribution in [0.2, 0.25) is 0 Å². The standard InChI is InChI=1S/C14H13NO2S/c1-18(17)13-7-5-10(6-8-13)11-3-2-4-12(9-11)14(15)16/h2-9H,1H3,(H2,15,16). The molecule has 0 spiro atoms. The first-order chi connectivity index (χ1) is 8.58. The molecule has 0 aliphatic carbocycles. The van der Waals surface area contributed by atoms with E-state index in [4.69, 9.17) is 5.73 Å². The number of carbonyl (C=O) groups excluding carboxylic acids is 1. The average Bonchev–Trinajstić information content (AvgIpc) is 2.39. The van der Waals surface area contributed by atoms with E-state index in [2.05, 4.69) is 0 Å². The molecule has 0 aliphatic rings. The van der Waals surface area contributed by atoms with Crippen LogP contribution in [-0.2, 0) is 10.8 Å². The molecule has 0 fully saturated rings. The van der Waals surface area contributed by atoms with E-state index < -0.39 is 16.7 Å². The molecule has 18 heavy (non-hydrogen) atoms. The van der Waals surface area contributed by atoms with Crippen LogP contribution in [0, 0.1) is 0 Å². The van der Waals surface area contributed by atoms with E-state index in [1.165, 1.54) is 0 Å². The lowest BCUT2D eigenvalue weighted by molar-refractivity contribution is 0.100. The molecule has 0 saturated heterocycles. The van der Waals surface area contributed by atoms with Gasteiger partial charge >= 0.3 is 0 Å². The summed E-state index contributed by atoms with van der Waals surface area (Å²) in [5.74, 6) is -0.442. The maximum Gasteiger partial charge on any atom is 0.248 e. The van der Waals surface area contributed by atoms with Gasteiger partial charge in [0.25, 0.3) is 0 Å². The van der Waals surface area contributed by atoms with Crippen LogP contribution >= 0.6 is 0 Å². The van der Waals surface area contributed by atoms with E-state index in [9.17, 15) is 9.00 Å². The molecular weight excluding hydrogens is 246 g/mol. The molecule has 0 radical (unpaired) electrons. The Labute approximate surface area is 108 Å². The van der Waals surface area contributed by atoms with E-state index in [0.717, 1.165) is 16.0 Å². The molecule has 0 aliphatic heterocycles. The second-order valence-corrected chi connectivity index (χ2v) is 5.30. The molecule has 0 aromatic heterocycles. The van der Waals surface area contributed by atoms with Gasteiger partial charge in [0.1, 0.15) is 0 Å². The number of benzene rings is 2. The molecule has 0 heterocycles. The highest BCUT2D eigenvalue weighted by atomic mass is 32.2. The molecule has 0 bridgehead atoms. The van der Waals surface area contributed by atoms with Crippen LogP contribution in [0.5, 0.6) is 0 Å². The summed E-state index contributed by atoms with van der Waals surface area (Å²) in [7, 11) is -0.979. The van der Waals surface area contributed by atoms with Gasteiger partial charge in [-0.25, -0.2) is 0 Å². The van der Waals surface area contributed by atoms with Gasteiger partial charge in [-0.05, 0) is 35.4 Å². The molecule has 0 saturated carbocycles. The van der Waals surface area contributed by atoms with Crippen LogP contribution in [0.25, 0.3) is 11.1 Å². The van der Waals surface area contributed by atoms with Crippen molar-refractivity contribution in [3.05, 3.63) is 54.1 Å². The van der Waals surface area contributed by atoms with Crippen molar-refractivity contribution in [1.82, 2.24) is 0 Å². The smallest absolute Gasteiger partial charge is 0.248 e. The number of carbonyl (C=O) groups is 1. The summed E-state index contributed by atoms with van der Waals surface area (Å²) in [5, 5.41) is 0. The van der Waals surface area contributed by atoms with Gasteiger partial charge in [0.2, 0.25) is 5.91 Å². The van der Waals surface area contributed by atoms with Crippen molar-refractivity contribution < 1.29 is 9.00 Å². The Kier molecular flexibility index (Phi) is 3.58. The van der Waals surface area contributed by atoms with Crippen molar-refractivity contribution in [1.29, 1.82) is 0 Å². The average molecular weight is 259 g/mol. The first-order valence-electron chi connectivity index (χ1n) is 5.41. The Morgan fingerprint density at radius 1 is 1.06 bits per heavy atom. The normalized spacial score (nSPS) is 12.1. The number of primary amides is 1. The number of hydrogen-bond acceptors (Lipinski definition) is 2. The zero-order valence-corrected chi connectivity index (χ0v) is 10.7. The van der Waals surface area contributed by atoms with Gasteiger partial charge in [0, 0.05) is 27.5 Å². The summed E-state index contributed by atoms with van der Waals surface area (Å²) in [6, 6.07) is 14.5. The Morgan fingerprint density at radius 2 is 1.72 bits per heavy atom. The predicted octanol–water partition coefficient (Wildman–Crippen LogP) is 2.19. The molecule has 2 N–H and O–H groups in total. The third kappa shape index (κ3) is 2.65. The van der Waals surface area contributed by atoms with E-state index in [-0.39, 0.29) is 0 Å². The quantitative estimate of drug-likeness (QED) is 0.918. The summed E-state index contributed by atoms with van der Waals surface area (Å²) < 4.78 is 11.3. The van der Waals surface area contributed by atoms with Gasteiger partial charge in [0.15, 0.2) is 0 Å². The van der Waals surface area contributed by atoms with Crippen molar-refractivity contribution in [2.45, 2.75) is 4.90 Å². The Hall–Kier alpha value is -1.94. The summed E-state index contributed by atoms with van der Waals surface area (Å²) in [5.41, 5.74) is 7.61. The predicted molar refractivity (Wildman–Crippen MR) is 72.7 cm³/mol. The number of rotatable bonds is 3.